The van der Waals surface area contributed by atoms with Crippen LogP contribution in [0, 0.1) is 6.92 Å². The highest BCUT2D eigenvalue weighted by molar-refractivity contribution is 6.21. The summed E-state index contributed by atoms with van der Waals surface area (Å²) in [5.41, 5.74) is 2.59. The molecule has 0 bridgehead atoms. The van der Waals surface area contributed by atoms with Crippen molar-refractivity contribution in [2.24, 2.45) is 0 Å². The van der Waals surface area contributed by atoms with E-state index in [1.807, 2.05) is 0 Å². The summed E-state index contributed by atoms with van der Waals surface area (Å²) in [6.45, 7) is 4.35. The van der Waals surface area contributed by atoms with Crippen LogP contribution in [-0.4, -0.2) is 24.6 Å². The van der Waals surface area contributed by atoms with E-state index < -0.39 is 0 Å². The monoisotopic (exact) mass is 225 g/mol. The molecule has 15 heavy (non-hydrogen) atoms. The molecule has 0 spiro atoms. The number of ether oxygens (including phenoxy) is 1. The van der Waals surface area contributed by atoms with Crippen molar-refractivity contribution in [1.82, 2.24) is 5.32 Å². The van der Waals surface area contributed by atoms with Gasteiger partial charge in [0.1, 0.15) is 0 Å². The van der Waals surface area contributed by atoms with E-state index in [0.717, 1.165) is 13.2 Å². The highest BCUT2D eigenvalue weighted by Crippen LogP contribution is 2.13. The lowest BCUT2D eigenvalue weighted by atomic mass is 10.1. The minimum absolute atomic E-state index is 0.106. The minimum Gasteiger partial charge on any atom is -0.378 e. The van der Waals surface area contributed by atoms with Crippen LogP contribution in [0.25, 0.3) is 0 Å². The van der Waals surface area contributed by atoms with Crippen LogP contribution in [0.2, 0.25) is 0 Å². The molecule has 0 saturated carbocycles. The zero-order valence-electron chi connectivity index (χ0n) is 8.87. The molecule has 3 heteroatoms. The number of hydrogen-bond donors (Lipinski definition) is 1. The largest absolute Gasteiger partial charge is 0.378 e. The summed E-state index contributed by atoms with van der Waals surface area (Å²) in [5.74, 6) is 0. The van der Waals surface area contributed by atoms with Crippen LogP contribution in [0.3, 0.4) is 0 Å². The van der Waals surface area contributed by atoms with Crippen LogP contribution in [0.4, 0.5) is 0 Å². The molecule has 1 aliphatic heterocycles. The van der Waals surface area contributed by atoms with Gasteiger partial charge in [-0.3, -0.25) is 0 Å². The van der Waals surface area contributed by atoms with Crippen molar-refractivity contribution in [3.63, 3.8) is 0 Å². The van der Waals surface area contributed by atoms with Crippen LogP contribution < -0.4 is 5.32 Å². The second-order valence-corrected chi connectivity index (χ2v) is 4.59. The van der Waals surface area contributed by atoms with Gasteiger partial charge in [0.05, 0.1) is 18.6 Å². The van der Waals surface area contributed by atoms with E-state index in [1.165, 1.54) is 11.1 Å². The molecule has 2 unspecified atom stereocenters. The second kappa shape index (κ2) is 4.97. The second-order valence-electron chi connectivity index (χ2n) is 4.03. The Morgan fingerprint density at radius 1 is 1.47 bits per heavy atom. The SMILES string of the molecule is Cc1cccc(CNC2COCC2Cl)c1. The van der Waals surface area contributed by atoms with E-state index in [9.17, 15) is 0 Å². The molecule has 1 N–H and O–H groups in total. The van der Waals surface area contributed by atoms with Gasteiger partial charge in [0, 0.05) is 12.6 Å². The maximum absolute atomic E-state index is 6.09. The van der Waals surface area contributed by atoms with Crippen molar-refractivity contribution in [3.05, 3.63) is 35.4 Å². The molecular formula is C12H16ClNO. The quantitative estimate of drug-likeness (QED) is 0.796. The molecule has 0 aliphatic carbocycles. The van der Waals surface area contributed by atoms with Crippen molar-refractivity contribution < 1.29 is 4.74 Å². The first-order valence-electron chi connectivity index (χ1n) is 5.26. The molecule has 0 amide bonds. The number of nitrogens with one attached hydrogen (secondary N) is 1. The van der Waals surface area contributed by atoms with Crippen LogP contribution in [0.15, 0.2) is 24.3 Å². The number of hydrogen-bond acceptors (Lipinski definition) is 2. The van der Waals surface area contributed by atoms with Gasteiger partial charge in [0.25, 0.3) is 0 Å². The molecule has 0 radical (unpaired) electrons. The zero-order chi connectivity index (χ0) is 10.7. The molecule has 2 nitrogen and oxygen atoms in total. The molecule has 2 rings (SSSR count). The summed E-state index contributed by atoms with van der Waals surface area (Å²) >= 11 is 6.09. The Hall–Kier alpha value is -0.570. The van der Waals surface area contributed by atoms with Gasteiger partial charge in [-0.25, -0.2) is 0 Å². The normalized spacial score (nSPS) is 25.7. The predicted octanol–water partition coefficient (Wildman–Crippen LogP) is 2.09. The summed E-state index contributed by atoms with van der Waals surface area (Å²) in [6, 6.07) is 8.78. The van der Waals surface area contributed by atoms with Crippen molar-refractivity contribution in [2.45, 2.75) is 24.9 Å². The molecule has 1 aliphatic rings. The van der Waals surface area contributed by atoms with Gasteiger partial charge >= 0.3 is 0 Å². The van der Waals surface area contributed by atoms with E-state index in [-0.39, 0.29) is 11.4 Å². The molecule has 1 aromatic rings. The van der Waals surface area contributed by atoms with Gasteiger partial charge in [0.15, 0.2) is 0 Å². The Balaban J connectivity index is 1.87. The Morgan fingerprint density at radius 3 is 3.00 bits per heavy atom. The van der Waals surface area contributed by atoms with Crippen molar-refractivity contribution in [1.29, 1.82) is 0 Å². The third-order valence-electron chi connectivity index (χ3n) is 2.66. The van der Waals surface area contributed by atoms with E-state index in [1.54, 1.807) is 0 Å². The first-order valence-corrected chi connectivity index (χ1v) is 5.70. The minimum atomic E-state index is 0.106. The molecular weight excluding hydrogens is 210 g/mol. The van der Waals surface area contributed by atoms with Gasteiger partial charge in [-0.15, -0.1) is 11.6 Å². The lowest BCUT2D eigenvalue weighted by Gasteiger charge is -2.14. The van der Waals surface area contributed by atoms with Crippen LogP contribution in [-0.2, 0) is 11.3 Å². The van der Waals surface area contributed by atoms with Crippen molar-refractivity contribution >= 4 is 11.6 Å². The van der Waals surface area contributed by atoms with E-state index in [4.69, 9.17) is 16.3 Å². The van der Waals surface area contributed by atoms with E-state index >= 15 is 0 Å². The molecule has 2 atom stereocenters. The summed E-state index contributed by atoms with van der Waals surface area (Å²) < 4.78 is 5.29. The smallest absolute Gasteiger partial charge is 0.0745 e. The van der Waals surface area contributed by atoms with Crippen LogP contribution >= 0.6 is 11.6 Å². The van der Waals surface area contributed by atoms with Gasteiger partial charge in [-0.1, -0.05) is 29.8 Å². The first-order chi connectivity index (χ1) is 7.25. The standard InChI is InChI=1S/C12H16ClNO/c1-9-3-2-4-10(5-9)6-14-12-8-15-7-11(12)13/h2-5,11-12,14H,6-8H2,1H3. The Bertz CT molecular complexity index is 329. The van der Waals surface area contributed by atoms with Crippen molar-refractivity contribution in [3.8, 4) is 0 Å². The van der Waals surface area contributed by atoms with Gasteiger partial charge in [-0.05, 0) is 12.5 Å². The molecule has 1 saturated heterocycles. The Kier molecular flexibility index (Phi) is 3.62. The molecule has 1 aromatic carbocycles. The Labute approximate surface area is 95.6 Å². The zero-order valence-corrected chi connectivity index (χ0v) is 9.63. The van der Waals surface area contributed by atoms with Crippen LogP contribution in [0.1, 0.15) is 11.1 Å². The third-order valence-corrected chi connectivity index (χ3v) is 3.09. The fourth-order valence-electron chi connectivity index (χ4n) is 1.79. The first kappa shape index (κ1) is 10.9. The summed E-state index contributed by atoms with van der Waals surface area (Å²) in [6.07, 6.45) is 0. The lowest BCUT2D eigenvalue weighted by molar-refractivity contribution is 0.190. The molecule has 1 fully saturated rings. The molecule has 82 valence electrons. The Morgan fingerprint density at radius 2 is 2.33 bits per heavy atom. The third kappa shape index (κ3) is 2.94. The number of rotatable bonds is 3. The average molecular weight is 226 g/mol. The van der Waals surface area contributed by atoms with Gasteiger partial charge in [0.2, 0.25) is 0 Å². The molecule has 0 aromatic heterocycles. The molecule has 1 heterocycles. The number of aryl methyl sites for hydroxylation is 1. The summed E-state index contributed by atoms with van der Waals surface area (Å²) in [4.78, 5) is 0. The fourth-order valence-corrected chi connectivity index (χ4v) is 2.04. The predicted molar refractivity (Wildman–Crippen MR) is 62.3 cm³/mol. The maximum atomic E-state index is 6.09. The van der Waals surface area contributed by atoms with E-state index in [2.05, 4.69) is 36.5 Å². The number of alkyl halides is 1. The number of halogens is 1. The van der Waals surface area contributed by atoms with Crippen molar-refractivity contribution in [2.75, 3.05) is 13.2 Å². The summed E-state index contributed by atoms with van der Waals surface area (Å²) in [5, 5.41) is 3.52. The summed E-state index contributed by atoms with van der Waals surface area (Å²) in [7, 11) is 0. The maximum Gasteiger partial charge on any atom is 0.0745 e. The van der Waals surface area contributed by atoms with Gasteiger partial charge in [-0.2, -0.15) is 0 Å². The van der Waals surface area contributed by atoms with Gasteiger partial charge < -0.3 is 10.1 Å². The number of benzene rings is 1. The fraction of sp³-hybridized carbons (Fsp3) is 0.500. The van der Waals surface area contributed by atoms with Crippen LogP contribution in [0.5, 0.6) is 0 Å². The lowest BCUT2D eigenvalue weighted by Crippen LogP contribution is -2.35. The van der Waals surface area contributed by atoms with E-state index in [0.29, 0.717) is 6.61 Å². The highest BCUT2D eigenvalue weighted by Gasteiger charge is 2.25. The highest BCUT2D eigenvalue weighted by atomic mass is 35.5. The topological polar surface area (TPSA) is 21.3 Å². The average Bonchev–Trinajstić information content (AvgIpc) is 2.61.